The van der Waals surface area contributed by atoms with Gasteiger partial charge in [0.15, 0.2) is 0 Å². The summed E-state index contributed by atoms with van der Waals surface area (Å²) < 4.78 is 82.7. The number of methoxy groups -OCH3 is 3. The first kappa shape index (κ1) is 21.1. The van der Waals surface area contributed by atoms with Gasteiger partial charge in [0.1, 0.15) is 0 Å². The van der Waals surface area contributed by atoms with Crippen molar-refractivity contribution in [1.82, 2.24) is 0 Å². The van der Waals surface area contributed by atoms with Crippen LogP contribution in [0, 0.1) is 7.14 Å². The zero-order valence-corrected chi connectivity index (χ0v) is 17.5. The minimum absolute atomic E-state index is 0.120. The molecule has 146 valence electrons. The van der Waals surface area contributed by atoms with E-state index in [1.807, 2.05) is 0 Å². The summed E-state index contributed by atoms with van der Waals surface area (Å²) in [4.78, 5) is 0. The van der Waals surface area contributed by atoms with Crippen molar-refractivity contribution in [1.29, 1.82) is 0 Å². The van der Waals surface area contributed by atoms with E-state index >= 15 is 0 Å². The fourth-order valence-corrected chi connectivity index (χ4v) is 10.2. The Kier molecular flexibility index (Phi) is 6.63. The van der Waals surface area contributed by atoms with Gasteiger partial charge in [-0.3, -0.25) is 0 Å². The van der Waals surface area contributed by atoms with E-state index in [2.05, 4.69) is 0 Å². The molecule has 0 spiro atoms. The number of benzene rings is 1. The molecule has 0 saturated carbocycles. The molecule has 0 aliphatic rings. The Morgan fingerprint density at radius 1 is 1.04 bits per heavy atom. The first-order valence-electron chi connectivity index (χ1n) is 6.68. The number of rotatable bonds is 7. The van der Waals surface area contributed by atoms with Crippen LogP contribution in [0.15, 0.2) is 29.0 Å². The van der Waals surface area contributed by atoms with Crippen molar-refractivity contribution in [3.8, 4) is 17.2 Å². The van der Waals surface area contributed by atoms with Gasteiger partial charge in [-0.1, -0.05) is 0 Å². The molecule has 0 bridgehead atoms. The first-order valence-corrected chi connectivity index (χ1v) is 12.1. The number of halogens is 4. The molecule has 0 fully saturated rings. The molecule has 0 radical (unpaired) electrons. The average Bonchev–Trinajstić information content (AvgIpc) is 3.11. The molecule has 0 unspecified atom stereocenters. The van der Waals surface area contributed by atoms with Gasteiger partial charge in [-0.15, -0.1) is 0 Å². The fourth-order valence-electron chi connectivity index (χ4n) is 1.77. The summed E-state index contributed by atoms with van der Waals surface area (Å²) in [5, 5.41) is 3.16. The summed E-state index contributed by atoms with van der Waals surface area (Å²) in [6.07, 6.45) is 0. The third-order valence-electron chi connectivity index (χ3n) is 2.94. The van der Waals surface area contributed by atoms with Gasteiger partial charge in [-0.05, 0) is 0 Å². The third kappa shape index (κ3) is 4.35. The molecule has 0 atom stereocenters. The Hall–Kier alpha value is -1.25. The Bertz CT molecular complexity index is 827. The maximum absolute atomic E-state index is 12.9. The molecule has 2 aromatic rings. The van der Waals surface area contributed by atoms with Gasteiger partial charge in [0.25, 0.3) is 0 Å². The van der Waals surface area contributed by atoms with Crippen LogP contribution >= 0.6 is 31.6 Å². The van der Waals surface area contributed by atoms with Gasteiger partial charge in [0.05, 0.1) is 0 Å². The quantitative estimate of drug-likeness (QED) is 0.400. The van der Waals surface area contributed by atoms with Crippen LogP contribution in [0.3, 0.4) is 0 Å². The second-order valence-electron chi connectivity index (χ2n) is 4.50. The van der Waals surface area contributed by atoms with Crippen LogP contribution in [0.1, 0.15) is 0 Å². The van der Waals surface area contributed by atoms with Gasteiger partial charge in [-0.2, -0.15) is 0 Å². The Morgan fingerprint density at radius 2 is 1.62 bits per heavy atom. The van der Waals surface area contributed by atoms with Crippen LogP contribution in [0.4, 0.5) is 13.2 Å². The number of ether oxygens (including phenoxy) is 3. The molecule has 1 aromatic heterocycles. The molecule has 6 nitrogen and oxygen atoms in total. The van der Waals surface area contributed by atoms with E-state index in [0.717, 1.165) is 0 Å². The second kappa shape index (κ2) is 8.19. The Balaban J connectivity index is 2.68. The molecule has 0 aliphatic carbocycles. The summed E-state index contributed by atoms with van der Waals surface area (Å²) in [5.41, 5.74) is -5.54. The third-order valence-corrected chi connectivity index (χ3v) is 11.2. The number of hydrogen-bond acceptors (Lipinski definition) is 7. The summed E-state index contributed by atoms with van der Waals surface area (Å²) in [6, 6.07) is 4.38. The molecule has 1 heterocycles. The van der Waals surface area contributed by atoms with Crippen molar-refractivity contribution >= 4 is 41.7 Å². The maximum atomic E-state index is 12.9. The van der Waals surface area contributed by atoms with Crippen molar-refractivity contribution in [2.45, 2.75) is 5.51 Å². The summed E-state index contributed by atoms with van der Waals surface area (Å²) in [7, 11) is -1.80. The van der Waals surface area contributed by atoms with E-state index in [0.29, 0.717) is 9.32 Å². The van der Waals surface area contributed by atoms with Crippen LogP contribution in [-0.4, -0.2) is 35.3 Å². The van der Waals surface area contributed by atoms with E-state index in [4.69, 9.17) is 16.7 Å². The molecular weight excluding hydrogens is 512 g/mol. The van der Waals surface area contributed by atoms with Crippen molar-refractivity contribution in [3.05, 3.63) is 36.1 Å². The van der Waals surface area contributed by atoms with Gasteiger partial charge in [-0.25, -0.2) is 0 Å². The monoisotopic (exact) mass is 526 g/mol. The summed E-state index contributed by atoms with van der Waals surface area (Å²) >= 11 is -2.39. The van der Waals surface area contributed by atoms with E-state index in [1.165, 1.54) is 50.9 Å². The second-order valence-corrected chi connectivity index (χ2v) is 11.6. The van der Waals surface area contributed by atoms with Gasteiger partial charge in [0, 0.05) is 0 Å². The zero-order chi connectivity index (χ0) is 19.5. The molecule has 0 aliphatic heterocycles. The number of thiophene rings is 1. The SMILES string of the molecule is COc1cc(OC)c(I(OS(=O)(=O)C(F)(F)F)c2ccsc2)c(OC)c1. The van der Waals surface area contributed by atoms with E-state index in [1.54, 1.807) is 10.8 Å². The topological polar surface area (TPSA) is 71.1 Å². The van der Waals surface area contributed by atoms with Crippen LogP contribution in [0.5, 0.6) is 17.2 Å². The predicted molar refractivity (Wildman–Crippen MR) is 97.9 cm³/mol. The van der Waals surface area contributed by atoms with Crippen LogP contribution < -0.4 is 14.2 Å². The number of hydrogen-bond donors (Lipinski definition) is 0. The fraction of sp³-hybridized carbons (Fsp3) is 0.286. The molecule has 2 rings (SSSR count). The van der Waals surface area contributed by atoms with E-state index in [9.17, 15) is 21.6 Å². The molecule has 0 N–H and O–H groups in total. The molecule has 0 saturated heterocycles. The van der Waals surface area contributed by atoms with Crippen molar-refractivity contribution in [2.24, 2.45) is 0 Å². The molecule has 0 amide bonds. The summed E-state index contributed by atoms with van der Waals surface area (Å²) in [6.45, 7) is 0. The Labute approximate surface area is 159 Å². The van der Waals surface area contributed by atoms with Crippen LogP contribution in [-0.2, 0) is 12.6 Å². The van der Waals surface area contributed by atoms with Gasteiger partial charge >= 0.3 is 160 Å². The average molecular weight is 526 g/mol. The van der Waals surface area contributed by atoms with Crippen molar-refractivity contribution < 1.29 is 38.3 Å². The minimum atomic E-state index is -5.80. The van der Waals surface area contributed by atoms with Gasteiger partial charge in [0.2, 0.25) is 0 Å². The van der Waals surface area contributed by atoms with Gasteiger partial charge < -0.3 is 0 Å². The van der Waals surface area contributed by atoms with Crippen molar-refractivity contribution in [2.75, 3.05) is 21.3 Å². The molecule has 26 heavy (non-hydrogen) atoms. The van der Waals surface area contributed by atoms with Crippen LogP contribution in [0.25, 0.3) is 0 Å². The standard InChI is InChI=1S/C14H14F3IO6S2/c1-21-10-6-11(22-2)13(12(7-10)23-3)18(9-4-5-25-8-9)24-26(19,20)14(15,16)17/h4-8H,1-3H3. The Morgan fingerprint density at radius 3 is 2.00 bits per heavy atom. The van der Waals surface area contributed by atoms with E-state index in [-0.39, 0.29) is 15.1 Å². The molecular formula is C14H14F3IO6S2. The molecule has 12 heteroatoms. The zero-order valence-electron chi connectivity index (χ0n) is 13.7. The van der Waals surface area contributed by atoms with Crippen molar-refractivity contribution in [3.63, 3.8) is 0 Å². The van der Waals surface area contributed by atoms with E-state index < -0.39 is 35.9 Å². The van der Waals surface area contributed by atoms with Crippen LogP contribution in [0.2, 0.25) is 0 Å². The molecule has 1 aromatic carbocycles. The normalized spacial score (nSPS) is 12.6. The summed E-state index contributed by atoms with van der Waals surface area (Å²) in [5.74, 6) is 0.576. The predicted octanol–water partition coefficient (Wildman–Crippen LogP) is 4.10. The first-order chi connectivity index (χ1) is 12.1. The number of alkyl halides is 3.